The van der Waals surface area contributed by atoms with Crippen LogP contribution in [0.4, 0.5) is 24.0 Å². The zero-order chi connectivity index (χ0) is 103. The molecule has 44 nitrogen and oxygen atoms in total. The van der Waals surface area contributed by atoms with Crippen molar-refractivity contribution in [3.05, 3.63) is 35.9 Å². The average molecular weight is 1930 g/mol. The first kappa shape index (κ1) is 121. The minimum atomic E-state index is -2.07. The number of aliphatic hydroxyl groups is 2. The van der Waals surface area contributed by atoms with Gasteiger partial charge in [0.1, 0.15) is 94.5 Å². The van der Waals surface area contributed by atoms with E-state index < -0.39 is 285 Å². The third-order valence-corrected chi connectivity index (χ3v) is 19.9. The zero-order valence-corrected chi connectivity index (χ0v) is 83.7. The predicted octanol–water partition coefficient (Wildman–Crippen LogP) is 2.50. The predicted molar refractivity (Wildman–Crippen MR) is 504 cm³/mol. The Morgan fingerprint density at radius 1 is 0.397 bits per heavy atom. The molecule has 1 aliphatic heterocycles. The zero-order valence-electron chi connectivity index (χ0n) is 83.7. The fraction of sp³-hybridized carbons (Fsp3) is 0.739. The molecule has 21 N–H and O–H groups in total. The lowest BCUT2D eigenvalue weighted by Crippen LogP contribution is -2.62. The molecule has 0 aromatic heterocycles. The SMILES string of the molecule is CCCCCC[C@@H](C)NC(=O)CNCC(=O)N[C@@H](CCCCCC)C(=O)N[C@@H](CCNC(=O)OC(C)(C)C)C(=O)N[C@H](C(=O)N[C@@H](CCNC(=O)OC(C)(C)C)C(=O)N[C@H]1CCNC(=O)[C@H]([C@@H](C)O)NC(=O)[C@H](CCNC(=O)OC(C)(C)C)NC(=O)[C@H](CCNC(=O)OC(C)(C)C)NC(=O)[C@H](CC(C)C)NC(=O)[C@@H](Cc2ccccc2)NC(=O)[C@H](CCNC(=O)OC(C)(C)C)NC1=O)[C@@H](C)O. The number of carbonyl (C=O) groups is 18. The van der Waals surface area contributed by atoms with Gasteiger partial charge >= 0.3 is 30.5 Å². The number of aliphatic hydroxyl groups excluding tert-OH is 2. The first-order valence-corrected chi connectivity index (χ1v) is 47.1. The van der Waals surface area contributed by atoms with Crippen LogP contribution < -0.4 is 101 Å². The molecule has 1 aliphatic rings. The van der Waals surface area contributed by atoms with Crippen LogP contribution in [0.25, 0.3) is 0 Å². The number of ether oxygens (including phenoxy) is 5. The number of nitrogens with one attached hydrogen (secondary N) is 19. The van der Waals surface area contributed by atoms with Gasteiger partial charge in [-0.1, -0.05) is 109 Å². The Kier molecular flexibility index (Phi) is 53.4. The summed E-state index contributed by atoms with van der Waals surface area (Å²) >= 11 is 0. The summed E-state index contributed by atoms with van der Waals surface area (Å²) < 4.78 is 27.1. The van der Waals surface area contributed by atoms with Gasteiger partial charge in [0.25, 0.3) is 0 Å². The molecule has 0 unspecified atom stereocenters. The quantitative estimate of drug-likeness (QED) is 0.0329. The minimum Gasteiger partial charge on any atom is -0.444 e. The lowest BCUT2D eigenvalue weighted by Gasteiger charge is -2.29. The molecule has 0 bridgehead atoms. The molecule has 44 heteroatoms. The van der Waals surface area contributed by atoms with Gasteiger partial charge in [-0.05, 0) is 194 Å². The van der Waals surface area contributed by atoms with Crippen molar-refractivity contribution in [3.8, 4) is 0 Å². The highest BCUT2D eigenvalue weighted by Crippen LogP contribution is 2.18. The summed E-state index contributed by atoms with van der Waals surface area (Å²) in [6.07, 6.45) is -4.67. The van der Waals surface area contributed by atoms with Crippen molar-refractivity contribution in [1.29, 1.82) is 0 Å². The molecular formula is C92H159N19O25. The molecule has 1 fully saturated rings. The van der Waals surface area contributed by atoms with Crippen molar-refractivity contribution in [1.82, 2.24) is 101 Å². The summed E-state index contributed by atoms with van der Waals surface area (Å²) in [5.41, 5.74) is -4.69. The minimum absolute atomic E-state index is 0.0529. The first-order chi connectivity index (χ1) is 63.3. The van der Waals surface area contributed by atoms with E-state index in [0.29, 0.717) is 18.4 Å². The van der Waals surface area contributed by atoms with Crippen molar-refractivity contribution in [2.75, 3.05) is 52.4 Å². The summed E-state index contributed by atoms with van der Waals surface area (Å²) in [6.45, 7) is 31.8. The molecule has 772 valence electrons. The van der Waals surface area contributed by atoms with Gasteiger partial charge in [-0.15, -0.1) is 0 Å². The van der Waals surface area contributed by atoms with Crippen LogP contribution in [0.15, 0.2) is 30.3 Å². The second kappa shape index (κ2) is 60.2. The van der Waals surface area contributed by atoms with Crippen LogP contribution in [0.5, 0.6) is 0 Å². The van der Waals surface area contributed by atoms with E-state index in [4.69, 9.17) is 23.7 Å². The van der Waals surface area contributed by atoms with Crippen molar-refractivity contribution < 1.29 is 120 Å². The molecule has 1 saturated heterocycles. The number of benzene rings is 1. The van der Waals surface area contributed by atoms with E-state index in [1.165, 1.54) is 0 Å². The van der Waals surface area contributed by atoms with E-state index in [-0.39, 0.29) is 50.8 Å². The Balaban J connectivity index is 3.12. The van der Waals surface area contributed by atoms with Crippen LogP contribution >= 0.6 is 0 Å². The van der Waals surface area contributed by atoms with E-state index in [9.17, 15) is 72.5 Å². The summed E-state index contributed by atoms with van der Waals surface area (Å²) in [5.74, 6) is -14.0. The van der Waals surface area contributed by atoms with Crippen LogP contribution in [0, 0.1) is 5.92 Å². The van der Waals surface area contributed by atoms with Crippen LogP contribution in [0.1, 0.15) is 267 Å². The van der Waals surface area contributed by atoms with Crippen LogP contribution in [0.2, 0.25) is 0 Å². The molecule has 0 aliphatic carbocycles. The number of rotatable bonds is 45. The summed E-state index contributed by atoms with van der Waals surface area (Å²) in [5, 5.41) is 71.8. The average Bonchev–Trinajstić information content (AvgIpc) is 0.972. The maximum Gasteiger partial charge on any atom is 0.407 e. The van der Waals surface area contributed by atoms with Crippen molar-refractivity contribution >= 4 is 107 Å². The lowest BCUT2D eigenvalue weighted by atomic mass is 10.00. The Labute approximate surface area is 799 Å². The number of hydrogen-bond acceptors (Lipinski definition) is 26. The maximum absolute atomic E-state index is 15.6. The summed E-state index contributed by atoms with van der Waals surface area (Å²) in [7, 11) is 0. The van der Waals surface area contributed by atoms with E-state index in [0.717, 1.165) is 58.8 Å². The fourth-order valence-corrected chi connectivity index (χ4v) is 13.3. The highest BCUT2D eigenvalue weighted by molar-refractivity contribution is 6.00. The molecule has 18 amide bonds. The van der Waals surface area contributed by atoms with Gasteiger partial charge in [-0.2, -0.15) is 0 Å². The van der Waals surface area contributed by atoms with Crippen molar-refractivity contribution in [2.24, 2.45) is 5.92 Å². The molecule has 0 radical (unpaired) electrons. The molecular weight excluding hydrogens is 1770 g/mol. The molecule has 1 aromatic rings. The molecule has 1 aromatic carbocycles. The first-order valence-electron chi connectivity index (χ1n) is 47.1. The van der Waals surface area contributed by atoms with Crippen molar-refractivity contribution in [3.63, 3.8) is 0 Å². The Morgan fingerprint density at radius 3 is 1.19 bits per heavy atom. The Morgan fingerprint density at radius 2 is 0.765 bits per heavy atom. The Hall–Kier alpha value is -11.4. The summed E-state index contributed by atoms with van der Waals surface area (Å²) in [4.78, 5) is 258. The highest BCUT2D eigenvalue weighted by atomic mass is 16.6. The van der Waals surface area contributed by atoms with Gasteiger partial charge in [0.2, 0.25) is 76.8 Å². The van der Waals surface area contributed by atoms with E-state index in [1.807, 2.05) is 13.8 Å². The molecule has 136 heavy (non-hydrogen) atoms. The van der Waals surface area contributed by atoms with Gasteiger partial charge in [0, 0.05) is 51.7 Å². The third-order valence-electron chi connectivity index (χ3n) is 19.9. The fourth-order valence-electron chi connectivity index (χ4n) is 13.3. The number of unbranched alkanes of at least 4 members (excludes halogenated alkanes) is 6. The Bertz CT molecular complexity index is 4030. The standard InChI is InChI=1S/C92H159N19O25/c1-23-25-27-30-34-55(5)100-68(114)52-93-53-69(115)101-59(37-33-28-26-24-2)72(116)104-65(43-49-99-87(131)136-92(20,21)22)78(122)111-71(57(7)113)82(126)107-63(41-47-97-85(129)134-90(14,15)16)75(119)102-60-38-44-94-81(125)70(56(6)112)110-77(121)64(42-48-98-86(130)135-91(17,18)19)105-74(118)61(39-45-95-83(127)132-88(8,9)10)106-79(123)66(50-54(3)4)108-80(124)67(51-58-35-31-29-32-36-58)109-76(120)62(103-73(60)117)40-46-96-84(128)133-89(11,12)13/h29,31-32,35-36,54-57,59-67,70-71,93,112-113H,23-28,30,33-34,37-53H2,1-22H3,(H,94,125)(H,95,127)(H,96,128)(H,97,129)(H,98,130)(H,99,131)(H,100,114)(H,101,115)(H,102,119)(H,103,117)(H,104,116)(H,105,118)(H,106,123)(H,107,126)(H,108,124)(H,109,120)(H,110,121)(H,111,122)/t55-,56-,57-,59+,60+,61+,62+,63+,64+,65+,66+,67-,70+,71+/m1/s1. The van der Waals surface area contributed by atoms with Crippen LogP contribution in [-0.2, 0) is 92.4 Å². The largest absolute Gasteiger partial charge is 0.444 e. The van der Waals surface area contributed by atoms with Crippen molar-refractivity contribution in [2.45, 2.75) is 381 Å². The van der Waals surface area contributed by atoms with E-state index in [2.05, 4.69) is 108 Å². The molecule has 0 spiro atoms. The molecule has 1 heterocycles. The van der Waals surface area contributed by atoms with Gasteiger partial charge in [0.15, 0.2) is 0 Å². The molecule has 0 saturated carbocycles. The highest BCUT2D eigenvalue weighted by Gasteiger charge is 2.40. The van der Waals surface area contributed by atoms with Gasteiger partial charge in [-0.25, -0.2) is 24.0 Å². The molecule has 14 atom stereocenters. The second-order valence-electron chi connectivity index (χ2n) is 39.3. The normalized spacial score (nSPS) is 19.2. The van der Waals surface area contributed by atoms with Gasteiger partial charge in [-0.3, -0.25) is 67.6 Å². The van der Waals surface area contributed by atoms with E-state index >= 15 is 24.0 Å². The molecule has 2 rings (SSSR count). The maximum atomic E-state index is 15.6. The number of amides is 18. The van der Waals surface area contributed by atoms with Crippen LogP contribution in [0.3, 0.4) is 0 Å². The smallest absolute Gasteiger partial charge is 0.407 e. The number of carbonyl (C=O) groups excluding carboxylic acids is 18. The lowest BCUT2D eigenvalue weighted by molar-refractivity contribution is -0.137. The third kappa shape index (κ3) is 53.7. The topological polar surface area (TPSA) is 622 Å². The van der Waals surface area contributed by atoms with Crippen LogP contribution in [-0.4, -0.2) is 283 Å². The number of hydrogen-bond donors (Lipinski definition) is 21. The number of alkyl carbamates (subject to hydrolysis) is 5. The monoisotopic (exact) mass is 1930 g/mol. The van der Waals surface area contributed by atoms with Gasteiger partial charge in [0.05, 0.1) is 25.3 Å². The second-order valence-corrected chi connectivity index (χ2v) is 39.3. The van der Waals surface area contributed by atoms with Gasteiger partial charge < -0.3 is 130 Å². The summed E-state index contributed by atoms with van der Waals surface area (Å²) in [6, 6.07) is -11.5. The van der Waals surface area contributed by atoms with E-state index in [1.54, 1.807) is 148 Å².